The van der Waals surface area contributed by atoms with Crippen molar-refractivity contribution in [2.75, 3.05) is 7.11 Å². The van der Waals surface area contributed by atoms with Gasteiger partial charge in [-0.25, -0.2) is 4.79 Å². The molecule has 0 radical (unpaired) electrons. The fourth-order valence-electron chi connectivity index (χ4n) is 10.3. The van der Waals surface area contributed by atoms with Gasteiger partial charge in [-0.1, -0.05) is 61.5 Å². The number of Topliss-reactive ketones (excluding diaryl/α,β-unsaturated/α-hetero) is 1. The Morgan fingerprint density at radius 3 is 2.18 bits per heavy atom. The molecule has 4 fully saturated rings. The summed E-state index contributed by atoms with van der Waals surface area (Å²) in [5.41, 5.74) is 7.10. The van der Waals surface area contributed by atoms with Crippen molar-refractivity contribution < 1.29 is 19.4 Å². The van der Waals surface area contributed by atoms with Crippen LogP contribution < -0.4 is 4.74 Å². The number of pyridine rings is 1. The van der Waals surface area contributed by atoms with Crippen molar-refractivity contribution in [1.29, 1.82) is 0 Å². The number of carboxylic acids is 1. The van der Waals surface area contributed by atoms with Crippen LogP contribution in [0.25, 0.3) is 21.9 Å². The molecule has 1 atom stereocenters. The molecule has 9 rings (SSSR count). The number of fused-ring (bicyclic) bond motifs is 1. The van der Waals surface area contributed by atoms with E-state index in [1.54, 1.807) is 19.4 Å². The third-order valence-electron chi connectivity index (χ3n) is 12.3. The standard InChI is InChI=1S/C46H47NO4/c1-29(11-14-36-10-6-7-17-47-36)18-43(48)40-25-41(45(49)50)38(22-30-8-4-3-5-9-30)37-15-12-34(23-39(37)40)35-13-16-44(51-2)42(24-35)46-26-31-19-32(27-46)21-33(20-31)28-46/h3-10,12-13,15-17,23-25,29,31-33H,11,14,18-22,26-28H2,1-2H3,(H,49,50). The molecule has 0 spiro atoms. The number of aromatic carboxylic acids is 1. The van der Waals surface area contributed by atoms with Gasteiger partial charge in [-0.2, -0.15) is 0 Å². The van der Waals surface area contributed by atoms with Crippen molar-refractivity contribution in [3.8, 4) is 16.9 Å². The zero-order chi connectivity index (χ0) is 35.1. The molecule has 5 heteroatoms. The summed E-state index contributed by atoms with van der Waals surface area (Å²) in [7, 11) is 1.79. The highest BCUT2D eigenvalue weighted by Gasteiger charge is 2.52. The van der Waals surface area contributed by atoms with Gasteiger partial charge >= 0.3 is 5.97 Å². The molecule has 4 saturated carbocycles. The van der Waals surface area contributed by atoms with Crippen LogP contribution >= 0.6 is 0 Å². The fraction of sp³-hybridized carbons (Fsp3) is 0.370. The number of carbonyl (C=O) groups is 2. The Morgan fingerprint density at radius 2 is 1.51 bits per heavy atom. The van der Waals surface area contributed by atoms with Crippen LogP contribution in [-0.4, -0.2) is 29.0 Å². The summed E-state index contributed by atoms with van der Waals surface area (Å²) in [6.07, 6.45) is 12.1. The second kappa shape index (κ2) is 13.7. The lowest BCUT2D eigenvalue weighted by molar-refractivity contribution is -0.00613. The largest absolute Gasteiger partial charge is 0.496 e. The Bertz CT molecular complexity index is 2050. The van der Waals surface area contributed by atoms with Gasteiger partial charge in [-0.3, -0.25) is 9.78 Å². The van der Waals surface area contributed by atoms with Crippen molar-refractivity contribution in [3.05, 3.63) is 131 Å². The van der Waals surface area contributed by atoms with Crippen molar-refractivity contribution >= 4 is 22.5 Å². The number of ether oxygens (including phenoxy) is 1. The second-order valence-corrected chi connectivity index (χ2v) is 15.9. The van der Waals surface area contributed by atoms with Gasteiger partial charge in [-0.05, 0) is 156 Å². The van der Waals surface area contributed by atoms with E-state index < -0.39 is 5.97 Å². The summed E-state index contributed by atoms with van der Waals surface area (Å²) in [4.78, 5) is 31.5. The fourth-order valence-corrected chi connectivity index (χ4v) is 10.3. The Labute approximate surface area is 301 Å². The minimum absolute atomic E-state index is 0.0246. The maximum atomic E-state index is 14.2. The maximum Gasteiger partial charge on any atom is 0.336 e. The van der Waals surface area contributed by atoms with E-state index >= 15 is 0 Å². The van der Waals surface area contributed by atoms with Crippen molar-refractivity contribution in [2.24, 2.45) is 23.7 Å². The van der Waals surface area contributed by atoms with E-state index in [4.69, 9.17) is 4.74 Å². The Kier molecular flexibility index (Phi) is 9.00. The third kappa shape index (κ3) is 6.59. The first-order valence-corrected chi connectivity index (χ1v) is 18.8. The Hall–Kier alpha value is -4.77. The van der Waals surface area contributed by atoms with E-state index in [2.05, 4.69) is 42.2 Å². The molecule has 1 N–H and O–H groups in total. The predicted octanol–water partition coefficient (Wildman–Crippen LogP) is 10.5. The number of rotatable bonds is 12. The van der Waals surface area contributed by atoms with Gasteiger partial charge in [-0.15, -0.1) is 0 Å². The smallest absolute Gasteiger partial charge is 0.336 e. The number of aromatic nitrogens is 1. The topological polar surface area (TPSA) is 76.5 Å². The molecule has 5 nitrogen and oxygen atoms in total. The zero-order valence-corrected chi connectivity index (χ0v) is 29.7. The van der Waals surface area contributed by atoms with E-state index in [9.17, 15) is 14.7 Å². The van der Waals surface area contributed by atoms with Gasteiger partial charge in [0.15, 0.2) is 5.78 Å². The Morgan fingerprint density at radius 1 is 0.824 bits per heavy atom. The van der Waals surface area contributed by atoms with Gasteiger partial charge in [0.2, 0.25) is 0 Å². The van der Waals surface area contributed by atoms with Crippen LogP contribution in [0, 0.1) is 23.7 Å². The number of carbonyl (C=O) groups excluding carboxylic acids is 1. The highest BCUT2D eigenvalue weighted by molar-refractivity contribution is 6.13. The van der Waals surface area contributed by atoms with Crippen molar-refractivity contribution in [1.82, 2.24) is 4.98 Å². The van der Waals surface area contributed by atoms with Crippen LogP contribution in [-0.2, 0) is 18.3 Å². The van der Waals surface area contributed by atoms with E-state index in [1.165, 1.54) is 44.1 Å². The number of methoxy groups -OCH3 is 1. The molecule has 4 aromatic carbocycles. The lowest BCUT2D eigenvalue weighted by Crippen LogP contribution is -2.48. The Balaban J connectivity index is 1.21. The van der Waals surface area contributed by atoms with E-state index in [0.717, 1.165) is 75.1 Å². The average Bonchev–Trinajstić information content (AvgIpc) is 3.13. The number of carboxylic acid groups (broad SMARTS) is 1. The number of ketones is 1. The first-order chi connectivity index (χ1) is 24.8. The summed E-state index contributed by atoms with van der Waals surface area (Å²) in [5.74, 6) is 2.50. The number of benzene rings is 4. The molecule has 0 amide bonds. The SMILES string of the molecule is COc1ccc(-c2ccc3c(Cc4ccccc4)c(C(=O)O)cc(C(=O)CC(C)CCc4ccccn4)c3c2)cc1C12CC3CC(CC(C3)C1)C2. The molecular weight excluding hydrogens is 631 g/mol. The van der Waals surface area contributed by atoms with Gasteiger partial charge in [0.1, 0.15) is 5.75 Å². The van der Waals surface area contributed by atoms with Crippen LogP contribution in [0.4, 0.5) is 0 Å². The second-order valence-electron chi connectivity index (χ2n) is 15.9. The van der Waals surface area contributed by atoms with Gasteiger partial charge in [0.25, 0.3) is 0 Å². The minimum atomic E-state index is -1.01. The summed E-state index contributed by atoms with van der Waals surface area (Å²) in [5, 5.41) is 12.1. The van der Waals surface area contributed by atoms with Gasteiger partial charge < -0.3 is 9.84 Å². The molecule has 4 aliphatic carbocycles. The maximum absolute atomic E-state index is 14.2. The summed E-state index contributed by atoms with van der Waals surface area (Å²) < 4.78 is 6.04. The first kappa shape index (κ1) is 33.4. The summed E-state index contributed by atoms with van der Waals surface area (Å²) in [6, 6.07) is 30.5. The number of aryl methyl sites for hydroxylation is 1. The molecule has 1 aromatic heterocycles. The molecule has 260 valence electrons. The predicted molar refractivity (Wildman–Crippen MR) is 203 cm³/mol. The normalized spacial score (nSPS) is 22.6. The lowest BCUT2D eigenvalue weighted by Gasteiger charge is -2.57. The number of nitrogens with zero attached hydrogens (tertiary/aromatic N) is 1. The number of hydrogen-bond donors (Lipinski definition) is 1. The van der Waals surface area contributed by atoms with E-state index in [-0.39, 0.29) is 22.7 Å². The monoisotopic (exact) mass is 677 g/mol. The highest BCUT2D eigenvalue weighted by atomic mass is 16.5. The molecule has 1 unspecified atom stereocenters. The van der Waals surface area contributed by atoms with Crippen molar-refractivity contribution in [2.45, 2.75) is 76.5 Å². The van der Waals surface area contributed by atoms with Crippen LogP contribution in [0.2, 0.25) is 0 Å². The number of hydrogen-bond acceptors (Lipinski definition) is 4. The van der Waals surface area contributed by atoms with Crippen LogP contribution in [0.15, 0.2) is 97.2 Å². The van der Waals surface area contributed by atoms with Crippen molar-refractivity contribution in [3.63, 3.8) is 0 Å². The van der Waals surface area contributed by atoms with Crippen LogP contribution in [0.1, 0.15) is 101 Å². The quantitative estimate of drug-likeness (QED) is 0.133. The average molecular weight is 678 g/mol. The highest BCUT2D eigenvalue weighted by Crippen LogP contribution is 2.62. The van der Waals surface area contributed by atoms with E-state index in [0.29, 0.717) is 18.4 Å². The molecular formula is C46H47NO4. The molecule has 4 aliphatic rings. The minimum Gasteiger partial charge on any atom is -0.496 e. The summed E-state index contributed by atoms with van der Waals surface area (Å²) >= 11 is 0. The summed E-state index contributed by atoms with van der Waals surface area (Å²) in [6.45, 7) is 2.10. The van der Waals surface area contributed by atoms with E-state index in [1.807, 2.05) is 54.6 Å². The van der Waals surface area contributed by atoms with Gasteiger partial charge in [0, 0.05) is 29.4 Å². The van der Waals surface area contributed by atoms with Gasteiger partial charge in [0.05, 0.1) is 12.7 Å². The van der Waals surface area contributed by atoms with Crippen LogP contribution in [0.5, 0.6) is 5.75 Å². The molecule has 0 aliphatic heterocycles. The van der Waals surface area contributed by atoms with Crippen LogP contribution in [0.3, 0.4) is 0 Å². The molecule has 4 bridgehead atoms. The molecule has 51 heavy (non-hydrogen) atoms. The first-order valence-electron chi connectivity index (χ1n) is 18.8. The zero-order valence-electron chi connectivity index (χ0n) is 29.7. The third-order valence-corrected chi connectivity index (χ3v) is 12.3. The lowest BCUT2D eigenvalue weighted by atomic mass is 9.48. The molecule has 5 aromatic rings. The molecule has 0 saturated heterocycles. The molecule has 1 heterocycles.